The van der Waals surface area contributed by atoms with Gasteiger partial charge in [-0.05, 0) is 44.2 Å². The van der Waals surface area contributed by atoms with Gasteiger partial charge in [-0.3, -0.25) is 0 Å². The molecule has 0 aromatic heterocycles. The van der Waals surface area contributed by atoms with Crippen LogP contribution in [-0.4, -0.2) is 6.10 Å². The molecule has 0 atom stereocenters. The van der Waals surface area contributed by atoms with Crippen LogP contribution < -0.4 is 15.8 Å². The van der Waals surface area contributed by atoms with Crippen LogP contribution in [0.4, 0.5) is 21.5 Å². The van der Waals surface area contributed by atoms with Gasteiger partial charge in [-0.25, -0.2) is 4.39 Å². The lowest BCUT2D eigenvalue weighted by Gasteiger charge is -2.14. The van der Waals surface area contributed by atoms with Crippen LogP contribution in [-0.2, 0) is 0 Å². The van der Waals surface area contributed by atoms with Gasteiger partial charge >= 0.3 is 0 Å². The Balaban J connectivity index is 2.30. The first kappa shape index (κ1) is 14.7. The molecule has 21 heavy (non-hydrogen) atoms. The number of hydrogen-bond donors (Lipinski definition) is 2. The minimum absolute atomic E-state index is 0.00282. The lowest BCUT2D eigenvalue weighted by Crippen LogP contribution is -2.07. The van der Waals surface area contributed by atoms with Crippen molar-refractivity contribution < 1.29 is 9.13 Å². The molecular formula is C16H16FN3O. The fraction of sp³-hybridized carbons (Fsp3) is 0.188. The molecule has 3 N–H and O–H groups in total. The van der Waals surface area contributed by atoms with Gasteiger partial charge in [-0.1, -0.05) is 0 Å². The second kappa shape index (κ2) is 6.14. The van der Waals surface area contributed by atoms with Crippen LogP contribution in [0.1, 0.15) is 19.4 Å². The second-order valence-electron chi connectivity index (χ2n) is 4.85. The van der Waals surface area contributed by atoms with Gasteiger partial charge in [0, 0.05) is 11.8 Å². The first-order valence-electron chi connectivity index (χ1n) is 6.52. The largest absolute Gasteiger partial charge is 0.489 e. The molecule has 0 amide bonds. The molecule has 2 aromatic rings. The molecule has 0 spiro atoms. The molecule has 0 bridgehead atoms. The smallest absolute Gasteiger partial charge is 0.144 e. The Labute approximate surface area is 123 Å². The normalized spacial score (nSPS) is 10.2. The Hall–Kier alpha value is -2.74. The summed E-state index contributed by atoms with van der Waals surface area (Å²) in [5.74, 6) is 0.119. The molecule has 5 heteroatoms. The molecule has 0 aliphatic rings. The van der Waals surface area contributed by atoms with Crippen LogP contribution in [0.25, 0.3) is 0 Å². The molecule has 0 aliphatic heterocycles. The summed E-state index contributed by atoms with van der Waals surface area (Å²) in [6, 6.07) is 11.2. The van der Waals surface area contributed by atoms with Crippen LogP contribution in [0.3, 0.4) is 0 Å². The Morgan fingerprint density at radius 3 is 2.67 bits per heavy atom. The summed E-state index contributed by atoms with van der Waals surface area (Å²) >= 11 is 0. The topological polar surface area (TPSA) is 71.1 Å². The third-order valence-corrected chi connectivity index (χ3v) is 2.76. The highest BCUT2D eigenvalue weighted by atomic mass is 19.1. The maximum atomic E-state index is 13.1. The minimum Gasteiger partial charge on any atom is -0.489 e. The molecule has 0 saturated heterocycles. The molecule has 0 aliphatic carbocycles. The molecule has 0 heterocycles. The quantitative estimate of drug-likeness (QED) is 0.838. The molecule has 0 unspecified atom stereocenters. The van der Waals surface area contributed by atoms with E-state index >= 15 is 0 Å². The number of nitrogen functional groups attached to an aromatic ring is 1. The number of ether oxygens (including phenoxy) is 1. The zero-order valence-electron chi connectivity index (χ0n) is 11.9. The van der Waals surface area contributed by atoms with Gasteiger partial charge in [-0.15, -0.1) is 0 Å². The summed E-state index contributed by atoms with van der Waals surface area (Å²) in [5.41, 5.74) is 7.86. The number of nitriles is 1. The lowest BCUT2D eigenvalue weighted by molar-refractivity contribution is 0.244. The van der Waals surface area contributed by atoms with Crippen molar-refractivity contribution in [3.8, 4) is 11.8 Å². The third kappa shape index (κ3) is 3.63. The number of anilines is 3. The van der Waals surface area contributed by atoms with Gasteiger partial charge in [0.2, 0.25) is 0 Å². The summed E-state index contributed by atoms with van der Waals surface area (Å²) in [7, 11) is 0. The zero-order valence-corrected chi connectivity index (χ0v) is 11.9. The van der Waals surface area contributed by atoms with Crippen molar-refractivity contribution in [2.24, 2.45) is 0 Å². The number of rotatable bonds is 4. The van der Waals surface area contributed by atoms with Gasteiger partial charge in [0.25, 0.3) is 0 Å². The monoisotopic (exact) mass is 285 g/mol. The van der Waals surface area contributed by atoms with Gasteiger partial charge < -0.3 is 15.8 Å². The molecule has 2 rings (SSSR count). The first-order valence-corrected chi connectivity index (χ1v) is 6.52. The van der Waals surface area contributed by atoms with Crippen molar-refractivity contribution in [2.45, 2.75) is 20.0 Å². The Bertz CT molecular complexity index is 692. The Morgan fingerprint density at radius 1 is 1.24 bits per heavy atom. The SMILES string of the molecule is CC(C)Oc1cc(Nc2ccc(F)cc2C#N)ccc1N. The summed E-state index contributed by atoms with van der Waals surface area (Å²) in [6.45, 7) is 3.82. The van der Waals surface area contributed by atoms with Crippen LogP contribution in [0, 0.1) is 17.1 Å². The van der Waals surface area contributed by atoms with Crippen LogP contribution in [0.15, 0.2) is 36.4 Å². The molecule has 0 radical (unpaired) electrons. The summed E-state index contributed by atoms with van der Waals surface area (Å²) < 4.78 is 18.7. The van der Waals surface area contributed by atoms with Gasteiger partial charge in [0.1, 0.15) is 17.6 Å². The fourth-order valence-corrected chi connectivity index (χ4v) is 1.84. The molecule has 0 saturated carbocycles. The summed E-state index contributed by atoms with van der Waals surface area (Å²) in [6.07, 6.45) is 0.00282. The highest BCUT2D eigenvalue weighted by Gasteiger charge is 2.07. The molecule has 108 valence electrons. The maximum Gasteiger partial charge on any atom is 0.144 e. The van der Waals surface area contributed by atoms with E-state index in [4.69, 9.17) is 15.7 Å². The second-order valence-corrected chi connectivity index (χ2v) is 4.85. The van der Waals surface area contributed by atoms with Crippen LogP contribution >= 0.6 is 0 Å². The number of halogens is 1. The van der Waals surface area contributed by atoms with Crippen LogP contribution in [0.2, 0.25) is 0 Å². The highest BCUT2D eigenvalue weighted by molar-refractivity contribution is 5.70. The van der Waals surface area contributed by atoms with E-state index in [1.54, 1.807) is 18.2 Å². The van der Waals surface area contributed by atoms with E-state index < -0.39 is 5.82 Å². The predicted octanol–water partition coefficient (Wildman–Crippen LogP) is 3.81. The average molecular weight is 285 g/mol. The van der Waals surface area contributed by atoms with E-state index in [0.717, 1.165) is 0 Å². The minimum atomic E-state index is -0.446. The standard InChI is InChI=1S/C16H16FN3O/c1-10(2)21-16-8-13(4-5-14(16)19)20-15-6-3-12(17)7-11(15)9-18/h3-8,10,20H,19H2,1-2H3. The molecule has 4 nitrogen and oxygen atoms in total. The maximum absolute atomic E-state index is 13.1. The van der Waals surface area contributed by atoms with Crippen molar-refractivity contribution in [2.75, 3.05) is 11.1 Å². The van der Waals surface area contributed by atoms with E-state index in [1.165, 1.54) is 18.2 Å². The van der Waals surface area contributed by atoms with Crippen molar-refractivity contribution in [3.05, 3.63) is 47.8 Å². The number of nitrogens with two attached hydrogens (primary N) is 1. The molecular weight excluding hydrogens is 269 g/mol. The van der Waals surface area contributed by atoms with Crippen molar-refractivity contribution in [1.29, 1.82) is 5.26 Å². The van der Waals surface area contributed by atoms with E-state index in [-0.39, 0.29) is 11.7 Å². The Morgan fingerprint density at radius 2 is 2.00 bits per heavy atom. The van der Waals surface area contributed by atoms with E-state index in [0.29, 0.717) is 22.8 Å². The van der Waals surface area contributed by atoms with Gasteiger partial charge in [0.05, 0.1) is 23.0 Å². The predicted molar refractivity (Wildman–Crippen MR) is 81.0 cm³/mol. The van der Waals surface area contributed by atoms with E-state index in [2.05, 4.69) is 5.32 Å². The number of nitrogens with zero attached hydrogens (tertiary/aromatic N) is 1. The van der Waals surface area contributed by atoms with Crippen LogP contribution in [0.5, 0.6) is 5.75 Å². The first-order chi connectivity index (χ1) is 9.99. The third-order valence-electron chi connectivity index (χ3n) is 2.76. The van der Waals surface area contributed by atoms with E-state index in [9.17, 15) is 4.39 Å². The highest BCUT2D eigenvalue weighted by Crippen LogP contribution is 2.29. The van der Waals surface area contributed by atoms with Gasteiger partial charge in [-0.2, -0.15) is 5.26 Å². The molecule has 2 aromatic carbocycles. The number of benzene rings is 2. The average Bonchev–Trinajstić information content (AvgIpc) is 2.44. The fourth-order valence-electron chi connectivity index (χ4n) is 1.84. The number of hydrogen-bond acceptors (Lipinski definition) is 4. The van der Waals surface area contributed by atoms with Crippen molar-refractivity contribution >= 4 is 17.1 Å². The van der Waals surface area contributed by atoms with Crippen molar-refractivity contribution in [1.82, 2.24) is 0 Å². The summed E-state index contributed by atoms with van der Waals surface area (Å²) in [5, 5.41) is 12.1. The zero-order chi connectivity index (χ0) is 15.4. The Kier molecular flexibility index (Phi) is 4.29. The van der Waals surface area contributed by atoms with Crippen molar-refractivity contribution in [3.63, 3.8) is 0 Å². The van der Waals surface area contributed by atoms with Gasteiger partial charge in [0.15, 0.2) is 0 Å². The van der Waals surface area contributed by atoms with E-state index in [1.807, 2.05) is 19.9 Å². The lowest BCUT2D eigenvalue weighted by atomic mass is 10.1. The summed E-state index contributed by atoms with van der Waals surface area (Å²) in [4.78, 5) is 0. The molecule has 0 fully saturated rings. The number of nitrogens with one attached hydrogen (secondary N) is 1.